The Morgan fingerprint density at radius 2 is 1.67 bits per heavy atom. The third-order valence-corrected chi connectivity index (χ3v) is 5.65. The Bertz CT molecular complexity index is 947. The van der Waals surface area contributed by atoms with Gasteiger partial charge in [-0.3, -0.25) is 4.90 Å². The van der Waals surface area contributed by atoms with Crippen molar-refractivity contribution in [3.05, 3.63) is 101 Å². The molecular weight excluding hydrogens is 394 g/mol. The zero-order valence-electron chi connectivity index (χ0n) is 16.7. The summed E-state index contributed by atoms with van der Waals surface area (Å²) in [4.78, 5) is 3.43. The number of hydrogen-bond donors (Lipinski definition) is 1. The Kier molecular flexibility index (Phi) is 6.98. The van der Waals surface area contributed by atoms with E-state index in [4.69, 9.17) is 9.15 Å². The fourth-order valence-corrected chi connectivity index (χ4v) is 4.09. The van der Waals surface area contributed by atoms with Crippen molar-refractivity contribution >= 4 is 11.3 Å². The fraction of sp³-hybridized carbons (Fsp3) is 0.200. The first-order valence-corrected chi connectivity index (χ1v) is 10.9. The molecule has 0 radical (unpaired) electrons. The second kappa shape index (κ2) is 10.3. The lowest BCUT2D eigenvalue weighted by molar-refractivity contribution is 0.0608. The maximum atomic E-state index is 10.6. The number of rotatable bonds is 10. The minimum Gasteiger partial charge on any atom is -0.491 e. The predicted molar refractivity (Wildman–Crippen MR) is 121 cm³/mol. The summed E-state index contributed by atoms with van der Waals surface area (Å²) < 4.78 is 11.3. The van der Waals surface area contributed by atoms with Gasteiger partial charge < -0.3 is 14.3 Å². The molecule has 0 aliphatic heterocycles. The number of aliphatic hydroxyl groups excluding tert-OH is 1. The van der Waals surface area contributed by atoms with Crippen molar-refractivity contribution in [2.24, 2.45) is 0 Å². The quantitative estimate of drug-likeness (QED) is 0.371. The summed E-state index contributed by atoms with van der Waals surface area (Å²) in [7, 11) is 0. The molecule has 1 N–H and O–H groups in total. The van der Waals surface area contributed by atoms with E-state index in [2.05, 4.69) is 28.5 Å². The Balaban J connectivity index is 1.32. The van der Waals surface area contributed by atoms with Crippen LogP contribution >= 0.6 is 11.3 Å². The number of hydrogen-bond acceptors (Lipinski definition) is 5. The number of furan rings is 1. The lowest BCUT2D eigenvalue weighted by atomic mass is 10.1. The second-order valence-corrected chi connectivity index (χ2v) is 8.22. The number of benzene rings is 2. The van der Waals surface area contributed by atoms with Crippen LogP contribution in [-0.4, -0.2) is 29.3 Å². The van der Waals surface area contributed by atoms with Crippen LogP contribution in [0.4, 0.5) is 0 Å². The van der Waals surface area contributed by atoms with Crippen molar-refractivity contribution in [2.75, 3.05) is 13.2 Å². The van der Waals surface area contributed by atoms with E-state index < -0.39 is 6.10 Å². The molecule has 0 saturated heterocycles. The van der Waals surface area contributed by atoms with Gasteiger partial charge in [-0.15, -0.1) is 11.3 Å². The van der Waals surface area contributed by atoms with Gasteiger partial charge in [0, 0.05) is 18.0 Å². The SMILES string of the molecule is OC(COc1ccc(-c2ccccc2)cc1)CN(Cc1ccco1)Cc1cccs1. The minimum absolute atomic E-state index is 0.240. The van der Waals surface area contributed by atoms with E-state index in [0.29, 0.717) is 13.1 Å². The highest BCUT2D eigenvalue weighted by Crippen LogP contribution is 2.22. The van der Waals surface area contributed by atoms with Crippen LogP contribution in [0.5, 0.6) is 5.75 Å². The molecule has 2 aromatic carbocycles. The highest BCUT2D eigenvalue weighted by Gasteiger charge is 2.15. The second-order valence-electron chi connectivity index (χ2n) is 7.18. The van der Waals surface area contributed by atoms with Gasteiger partial charge in [0.05, 0.1) is 12.8 Å². The molecule has 1 unspecified atom stereocenters. The Hall–Kier alpha value is -2.86. The fourth-order valence-electron chi connectivity index (χ4n) is 3.35. The van der Waals surface area contributed by atoms with Crippen LogP contribution in [0, 0.1) is 0 Å². The summed E-state index contributed by atoms with van der Waals surface area (Å²) in [5, 5.41) is 12.6. The first-order chi connectivity index (χ1) is 14.8. The van der Waals surface area contributed by atoms with Gasteiger partial charge in [0.25, 0.3) is 0 Å². The number of thiophene rings is 1. The number of aliphatic hydroxyl groups is 1. The molecule has 4 aromatic rings. The number of ether oxygens (including phenoxy) is 1. The monoisotopic (exact) mass is 419 g/mol. The summed E-state index contributed by atoms with van der Waals surface area (Å²) in [5.41, 5.74) is 2.32. The van der Waals surface area contributed by atoms with Crippen LogP contribution in [0.1, 0.15) is 10.6 Å². The van der Waals surface area contributed by atoms with Gasteiger partial charge in [0.1, 0.15) is 24.2 Å². The summed E-state index contributed by atoms with van der Waals surface area (Å²) in [6.07, 6.45) is 1.07. The van der Waals surface area contributed by atoms with Crippen molar-refractivity contribution in [1.29, 1.82) is 0 Å². The van der Waals surface area contributed by atoms with Crippen LogP contribution in [0.2, 0.25) is 0 Å². The first kappa shape index (κ1) is 20.4. The van der Waals surface area contributed by atoms with Gasteiger partial charge in [0.2, 0.25) is 0 Å². The van der Waals surface area contributed by atoms with E-state index in [1.807, 2.05) is 60.7 Å². The Morgan fingerprint density at radius 3 is 2.37 bits per heavy atom. The van der Waals surface area contributed by atoms with Crippen molar-refractivity contribution < 1.29 is 14.3 Å². The Labute approximate surface area is 181 Å². The average molecular weight is 420 g/mol. The largest absolute Gasteiger partial charge is 0.491 e. The molecule has 0 aliphatic carbocycles. The topological polar surface area (TPSA) is 45.8 Å². The average Bonchev–Trinajstić information content (AvgIpc) is 3.48. The molecule has 2 heterocycles. The molecule has 0 bridgehead atoms. The minimum atomic E-state index is -0.603. The zero-order valence-corrected chi connectivity index (χ0v) is 17.5. The van der Waals surface area contributed by atoms with E-state index in [1.54, 1.807) is 17.6 Å². The van der Waals surface area contributed by atoms with E-state index in [-0.39, 0.29) is 6.61 Å². The highest BCUT2D eigenvalue weighted by molar-refractivity contribution is 7.09. The molecule has 4 rings (SSSR count). The maximum absolute atomic E-state index is 10.6. The molecule has 0 spiro atoms. The molecule has 0 saturated carbocycles. The first-order valence-electron chi connectivity index (χ1n) is 10.00. The molecule has 2 aromatic heterocycles. The summed E-state index contributed by atoms with van der Waals surface area (Å²) in [5.74, 6) is 1.64. The van der Waals surface area contributed by atoms with Crippen molar-refractivity contribution in [2.45, 2.75) is 19.2 Å². The standard InChI is InChI=1S/C25H25NO3S/c27-22(16-26(17-24-8-4-14-28-24)18-25-9-5-15-30-25)19-29-23-12-10-21(11-13-23)20-6-2-1-3-7-20/h1-15,22,27H,16-19H2. The number of nitrogens with zero attached hydrogens (tertiary/aromatic N) is 1. The third kappa shape index (κ3) is 5.83. The molecule has 4 nitrogen and oxygen atoms in total. The highest BCUT2D eigenvalue weighted by atomic mass is 32.1. The normalized spacial score (nSPS) is 12.2. The van der Waals surface area contributed by atoms with Crippen LogP contribution in [0.15, 0.2) is 94.9 Å². The predicted octanol–water partition coefficient (Wildman–Crippen LogP) is 5.45. The van der Waals surface area contributed by atoms with E-state index >= 15 is 0 Å². The van der Waals surface area contributed by atoms with Crippen molar-refractivity contribution in [3.8, 4) is 16.9 Å². The van der Waals surface area contributed by atoms with E-state index in [9.17, 15) is 5.11 Å². The van der Waals surface area contributed by atoms with Gasteiger partial charge in [-0.25, -0.2) is 0 Å². The molecular formula is C25H25NO3S. The maximum Gasteiger partial charge on any atom is 0.119 e. The molecule has 0 amide bonds. The smallest absolute Gasteiger partial charge is 0.119 e. The van der Waals surface area contributed by atoms with Crippen LogP contribution in [0.3, 0.4) is 0 Å². The van der Waals surface area contributed by atoms with E-state index in [0.717, 1.165) is 23.6 Å². The van der Waals surface area contributed by atoms with Gasteiger partial charge in [-0.05, 0) is 46.8 Å². The lowest BCUT2D eigenvalue weighted by Gasteiger charge is -2.24. The summed E-state index contributed by atoms with van der Waals surface area (Å²) >= 11 is 1.72. The van der Waals surface area contributed by atoms with Gasteiger partial charge in [-0.2, -0.15) is 0 Å². The van der Waals surface area contributed by atoms with Crippen LogP contribution in [-0.2, 0) is 13.1 Å². The Morgan fingerprint density at radius 1 is 0.867 bits per heavy atom. The molecule has 0 aliphatic rings. The molecule has 30 heavy (non-hydrogen) atoms. The third-order valence-electron chi connectivity index (χ3n) is 4.79. The molecule has 0 fully saturated rings. The summed E-state index contributed by atoms with van der Waals surface area (Å²) in [6, 6.07) is 26.2. The summed E-state index contributed by atoms with van der Waals surface area (Å²) in [6.45, 7) is 2.15. The van der Waals surface area contributed by atoms with Crippen molar-refractivity contribution in [3.63, 3.8) is 0 Å². The lowest BCUT2D eigenvalue weighted by Crippen LogP contribution is -2.34. The molecule has 1 atom stereocenters. The van der Waals surface area contributed by atoms with Gasteiger partial charge >= 0.3 is 0 Å². The molecule has 154 valence electrons. The molecule has 5 heteroatoms. The van der Waals surface area contributed by atoms with E-state index in [1.165, 1.54) is 10.4 Å². The van der Waals surface area contributed by atoms with Gasteiger partial charge in [0.15, 0.2) is 0 Å². The van der Waals surface area contributed by atoms with Gasteiger partial charge in [-0.1, -0.05) is 48.5 Å². The van der Waals surface area contributed by atoms with Crippen LogP contribution < -0.4 is 4.74 Å². The van der Waals surface area contributed by atoms with Crippen LogP contribution in [0.25, 0.3) is 11.1 Å². The van der Waals surface area contributed by atoms with Crippen molar-refractivity contribution in [1.82, 2.24) is 4.90 Å². The zero-order chi connectivity index (χ0) is 20.6.